The number of hydrogen-bond donors (Lipinski definition) is 2. The lowest BCUT2D eigenvalue weighted by atomic mass is 9.96. The number of anilines is 1. The van der Waals surface area contributed by atoms with E-state index in [0.29, 0.717) is 0 Å². The third-order valence-corrected chi connectivity index (χ3v) is 1.43. The van der Waals surface area contributed by atoms with Crippen LogP contribution in [0.5, 0.6) is 0 Å². The van der Waals surface area contributed by atoms with Gasteiger partial charge in [-0.2, -0.15) is 0 Å². The third-order valence-electron chi connectivity index (χ3n) is 1.43. The Morgan fingerprint density at radius 1 is 1.33 bits per heavy atom. The largest absolute Gasteiger partial charge is 0.346 e. The van der Waals surface area contributed by atoms with Crippen molar-refractivity contribution < 1.29 is 0 Å². The van der Waals surface area contributed by atoms with Gasteiger partial charge in [0, 0.05) is 5.69 Å². The van der Waals surface area contributed by atoms with Crippen molar-refractivity contribution in [2.24, 2.45) is 4.99 Å². The Morgan fingerprint density at radius 2 is 2.00 bits per heavy atom. The van der Waals surface area contributed by atoms with E-state index in [1.54, 1.807) is 0 Å². The molecule has 0 atom stereocenters. The second kappa shape index (κ2) is 4.33. The maximum absolute atomic E-state index is 6.64. The average molecular weight is 159 g/mol. The van der Waals surface area contributed by atoms with Crippen molar-refractivity contribution in [3.63, 3.8) is 0 Å². The number of nitrogens with zero attached hydrogens (tertiary/aromatic N) is 1. The first-order chi connectivity index (χ1) is 5.83. The quantitative estimate of drug-likeness (QED) is 0.363. The van der Waals surface area contributed by atoms with Crippen LogP contribution in [0.25, 0.3) is 0 Å². The molecule has 4 heteroatoms. The van der Waals surface area contributed by atoms with E-state index in [1.165, 1.54) is 11.8 Å². The van der Waals surface area contributed by atoms with Gasteiger partial charge in [-0.3, -0.25) is 5.41 Å². The highest BCUT2D eigenvalue weighted by atomic mass is 14.9. The molecule has 0 amide bonds. The molecule has 0 aliphatic rings. The second-order valence-electron chi connectivity index (χ2n) is 2.42. The van der Waals surface area contributed by atoms with Crippen LogP contribution in [0.4, 0.5) is 5.69 Å². The molecule has 0 aromatic heterocycles. The summed E-state index contributed by atoms with van der Waals surface area (Å²) in [7, 11) is 2.04. The molecule has 1 aromatic carbocycles. The summed E-state index contributed by atoms with van der Waals surface area (Å²) in [6, 6.07) is 7.96. The first-order valence-corrected chi connectivity index (χ1v) is 3.67. The van der Waals surface area contributed by atoms with Crippen LogP contribution < -0.4 is 10.8 Å². The van der Waals surface area contributed by atoms with Crippen LogP contribution in [0.1, 0.15) is 0 Å². The van der Waals surface area contributed by atoms with E-state index in [4.69, 9.17) is 5.41 Å². The van der Waals surface area contributed by atoms with Crippen LogP contribution in [-0.4, -0.2) is 20.5 Å². The highest BCUT2D eigenvalue weighted by Gasteiger charge is 1.86. The van der Waals surface area contributed by atoms with Crippen molar-refractivity contribution in [1.82, 2.24) is 0 Å². The minimum atomic E-state index is 0.978. The molecule has 0 fully saturated rings. The van der Waals surface area contributed by atoms with Gasteiger partial charge in [0.1, 0.15) is 14.2 Å². The van der Waals surface area contributed by atoms with Gasteiger partial charge >= 0.3 is 0 Å². The fourth-order valence-electron chi connectivity index (χ4n) is 0.799. The Bertz CT molecular complexity index is 279. The normalized spacial score (nSPS) is 10.0. The van der Waals surface area contributed by atoms with E-state index in [1.807, 2.05) is 32.1 Å². The number of benzene rings is 1. The average Bonchev–Trinajstić information content (AvgIpc) is 2.09. The SMILES string of the molecule is Bc1ccc(N/C=N\C=N)cc1. The fourth-order valence-corrected chi connectivity index (χ4v) is 0.799. The van der Waals surface area contributed by atoms with Gasteiger partial charge in [0.15, 0.2) is 0 Å². The molecule has 1 rings (SSSR count). The smallest absolute Gasteiger partial charge is 0.139 e. The molecule has 60 valence electrons. The van der Waals surface area contributed by atoms with Gasteiger partial charge in [0.2, 0.25) is 0 Å². The minimum Gasteiger partial charge on any atom is -0.346 e. The summed E-state index contributed by atoms with van der Waals surface area (Å²) in [5.74, 6) is 0. The summed E-state index contributed by atoms with van der Waals surface area (Å²) in [5.41, 5.74) is 2.20. The highest BCUT2D eigenvalue weighted by molar-refractivity contribution is 6.32. The zero-order valence-electron chi connectivity index (χ0n) is 6.91. The number of nitrogens with one attached hydrogen (secondary N) is 2. The first-order valence-electron chi connectivity index (χ1n) is 3.67. The molecule has 0 aliphatic heterocycles. The predicted molar refractivity (Wildman–Crippen MR) is 55.5 cm³/mol. The van der Waals surface area contributed by atoms with Crippen molar-refractivity contribution in [2.45, 2.75) is 0 Å². The van der Waals surface area contributed by atoms with E-state index >= 15 is 0 Å². The van der Waals surface area contributed by atoms with Crippen LogP contribution >= 0.6 is 0 Å². The molecule has 3 nitrogen and oxygen atoms in total. The Balaban J connectivity index is 2.58. The zero-order valence-corrected chi connectivity index (χ0v) is 6.91. The van der Waals surface area contributed by atoms with Crippen LogP contribution in [0.3, 0.4) is 0 Å². The van der Waals surface area contributed by atoms with Gasteiger partial charge in [-0.15, -0.1) is 0 Å². The summed E-state index contributed by atoms with van der Waals surface area (Å²) in [6.07, 6.45) is 2.47. The molecule has 0 saturated heterocycles. The maximum Gasteiger partial charge on any atom is 0.139 e. The Hall–Kier alpha value is -1.58. The van der Waals surface area contributed by atoms with E-state index in [0.717, 1.165) is 12.0 Å². The molecule has 0 radical (unpaired) electrons. The second-order valence-corrected chi connectivity index (χ2v) is 2.42. The molecular weight excluding hydrogens is 149 g/mol. The summed E-state index contributed by atoms with van der Waals surface area (Å²) in [5, 5.41) is 9.57. The van der Waals surface area contributed by atoms with Gasteiger partial charge in [-0.1, -0.05) is 17.6 Å². The Kier molecular flexibility index (Phi) is 3.08. The molecule has 12 heavy (non-hydrogen) atoms. The Labute approximate surface area is 72.4 Å². The van der Waals surface area contributed by atoms with Crippen molar-refractivity contribution in [3.8, 4) is 0 Å². The van der Waals surface area contributed by atoms with E-state index in [2.05, 4.69) is 10.3 Å². The summed E-state index contributed by atoms with van der Waals surface area (Å²) in [4.78, 5) is 3.60. The molecule has 0 aliphatic carbocycles. The van der Waals surface area contributed by atoms with Crippen LogP contribution in [-0.2, 0) is 0 Å². The number of hydrogen-bond acceptors (Lipinski definition) is 1. The lowest BCUT2D eigenvalue weighted by Crippen LogP contribution is -2.01. The lowest BCUT2D eigenvalue weighted by Gasteiger charge is -1.98. The van der Waals surface area contributed by atoms with Gasteiger partial charge < -0.3 is 5.32 Å². The van der Waals surface area contributed by atoms with Gasteiger partial charge in [-0.25, -0.2) is 4.99 Å². The molecule has 0 heterocycles. The van der Waals surface area contributed by atoms with Crippen molar-refractivity contribution in [2.75, 3.05) is 5.32 Å². The topological polar surface area (TPSA) is 48.2 Å². The predicted octanol–water partition coefficient (Wildman–Crippen LogP) is -0.00773. The number of aliphatic imine (C=N–C) groups is 1. The summed E-state index contributed by atoms with van der Waals surface area (Å²) >= 11 is 0. The van der Waals surface area contributed by atoms with Gasteiger partial charge in [0.05, 0.1) is 6.34 Å². The molecule has 2 N–H and O–H groups in total. The molecule has 0 unspecified atom stereocenters. The minimum absolute atomic E-state index is 0.978. The van der Waals surface area contributed by atoms with Gasteiger partial charge in [0.25, 0.3) is 0 Å². The fraction of sp³-hybridized carbons (Fsp3) is 0. The zero-order chi connectivity index (χ0) is 8.81. The van der Waals surface area contributed by atoms with Crippen molar-refractivity contribution >= 4 is 31.7 Å². The van der Waals surface area contributed by atoms with Crippen LogP contribution in [0, 0.1) is 5.41 Å². The van der Waals surface area contributed by atoms with E-state index in [9.17, 15) is 0 Å². The third kappa shape index (κ3) is 2.58. The highest BCUT2D eigenvalue weighted by Crippen LogP contribution is 2.00. The summed E-state index contributed by atoms with van der Waals surface area (Å²) in [6.45, 7) is 0. The monoisotopic (exact) mass is 159 g/mol. The molecule has 0 bridgehead atoms. The van der Waals surface area contributed by atoms with Crippen molar-refractivity contribution in [1.29, 1.82) is 5.41 Å². The summed E-state index contributed by atoms with van der Waals surface area (Å²) < 4.78 is 0. The lowest BCUT2D eigenvalue weighted by molar-refractivity contribution is 1.51. The molecule has 0 spiro atoms. The van der Waals surface area contributed by atoms with Crippen LogP contribution in [0.15, 0.2) is 29.3 Å². The standard InChI is InChI=1S/C8H10BN3/c9-7-1-3-8(4-2-7)12-6-11-5-10/h1-6H,9H2,(H2,10,11,12). The first kappa shape index (κ1) is 8.52. The van der Waals surface area contributed by atoms with Crippen LogP contribution in [0.2, 0.25) is 0 Å². The van der Waals surface area contributed by atoms with E-state index < -0.39 is 0 Å². The molecule has 1 aromatic rings. The maximum atomic E-state index is 6.64. The molecular formula is C8H10BN3. The van der Waals surface area contributed by atoms with Crippen molar-refractivity contribution in [3.05, 3.63) is 24.3 Å². The van der Waals surface area contributed by atoms with Gasteiger partial charge in [-0.05, 0) is 12.1 Å². The molecule has 0 saturated carbocycles. The van der Waals surface area contributed by atoms with E-state index in [-0.39, 0.29) is 0 Å². The number of rotatable bonds is 3. The Morgan fingerprint density at radius 3 is 2.58 bits per heavy atom.